The Morgan fingerprint density at radius 2 is 1.75 bits per heavy atom. The van der Waals surface area contributed by atoms with Gasteiger partial charge in [0, 0.05) is 18.9 Å². The molecule has 2 aromatic carbocycles. The first-order valence-corrected chi connectivity index (χ1v) is 9.87. The third-order valence-corrected chi connectivity index (χ3v) is 5.65. The number of amides is 1. The number of nitrogens with zero attached hydrogens (tertiary/aromatic N) is 2. The second-order valence-electron chi connectivity index (χ2n) is 8.71. The number of hydrogen-bond acceptors (Lipinski definition) is 2. The molecule has 0 unspecified atom stereocenters. The second-order valence-corrected chi connectivity index (χ2v) is 8.71. The molecule has 4 nitrogen and oxygen atoms in total. The van der Waals surface area contributed by atoms with Crippen molar-refractivity contribution in [2.24, 2.45) is 0 Å². The molecule has 0 radical (unpaired) electrons. The van der Waals surface area contributed by atoms with Gasteiger partial charge in [-0.25, -0.2) is 4.68 Å². The van der Waals surface area contributed by atoms with Crippen molar-refractivity contribution in [3.05, 3.63) is 83.7 Å². The smallest absolute Gasteiger partial charge is 0.230 e. The number of rotatable bonds is 5. The Labute approximate surface area is 166 Å². The molecule has 28 heavy (non-hydrogen) atoms. The fraction of sp³-hybridized carbons (Fsp3) is 0.333. The maximum Gasteiger partial charge on any atom is 0.230 e. The van der Waals surface area contributed by atoms with E-state index in [9.17, 15) is 4.79 Å². The number of hydrogen-bond donors (Lipinski definition) is 1. The van der Waals surface area contributed by atoms with Gasteiger partial charge in [-0.05, 0) is 53.1 Å². The predicted molar refractivity (Wildman–Crippen MR) is 111 cm³/mol. The summed E-state index contributed by atoms with van der Waals surface area (Å²) in [7, 11) is 0. The highest BCUT2D eigenvalue weighted by molar-refractivity contribution is 5.91. The fourth-order valence-corrected chi connectivity index (χ4v) is 3.60. The lowest BCUT2D eigenvalue weighted by Gasteiger charge is -2.21. The fourth-order valence-electron chi connectivity index (χ4n) is 3.60. The minimum Gasteiger partial charge on any atom is -0.351 e. The van der Waals surface area contributed by atoms with E-state index in [-0.39, 0.29) is 16.7 Å². The molecule has 0 spiro atoms. The van der Waals surface area contributed by atoms with Gasteiger partial charge >= 0.3 is 0 Å². The molecule has 1 saturated carbocycles. The number of nitrogens with one attached hydrogen (secondary N) is 1. The average molecular weight is 374 g/mol. The van der Waals surface area contributed by atoms with Crippen LogP contribution in [-0.2, 0) is 22.2 Å². The third-order valence-electron chi connectivity index (χ3n) is 5.65. The van der Waals surface area contributed by atoms with Crippen molar-refractivity contribution in [1.29, 1.82) is 0 Å². The summed E-state index contributed by atoms with van der Waals surface area (Å²) in [6.45, 7) is 7.16. The number of aromatic nitrogens is 2. The molecule has 0 bridgehead atoms. The van der Waals surface area contributed by atoms with Crippen LogP contribution in [-0.4, -0.2) is 15.7 Å². The monoisotopic (exact) mass is 373 g/mol. The van der Waals surface area contributed by atoms with E-state index in [4.69, 9.17) is 0 Å². The number of benzene rings is 2. The van der Waals surface area contributed by atoms with Crippen LogP contribution in [0.25, 0.3) is 5.69 Å². The Balaban J connectivity index is 1.41. The van der Waals surface area contributed by atoms with E-state index in [0.29, 0.717) is 6.54 Å². The van der Waals surface area contributed by atoms with E-state index < -0.39 is 0 Å². The molecule has 0 atom stereocenters. The van der Waals surface area contributed by atoms with Gasteiger partial charge in [0.2, 0.25) is 5.91 Å². The first kappa shape index (κ1) is 18.5. The van der Waals surface area contributed by atoms with Crippen LogP contribution in [0.5, 0.6) is 0 Å². The lowest BCUT2D eigenvalue weighted by molar-refractivity contribution is -0.123. The zero-order valence-electron chi connectivity index (χ0n) is 16.8. The zero-order valence-corrected chi connectivity index (χ0v) is 16.8. The van der Waals surface area contributed by atoms with Crippen LogP contribution in [0.1, 0.15) is 50.3 Å². The minimum absolute atomic E-state index is 0.125. The molecule has 1 amide bonds. The van der Waals surface area contributed by atoms with Gasteiger partial charge in [0.25, 0.3) is 0 Å². The van der Waals surface area contributed by atoms with E-state index in [2.05, 4.69) is 55.5 Å². The van der Waals surface area contributed by atoms with Crippen LogP contribution in [0.15, 0.2) is 67.0 Å². The van der Waals surface area contributed by atoms with E-state index in [1.54, 1.807) is 6.20 Å². The topological polar surface area (TPSA) is 46.9 Å². The summed E-state index contributed by atoms with van der Waals surface area (Å²) < 4.78 is 1.82. The van der Waals surface area contributed by atoms with Gasteiger partial charge in [0.15, 0.2) is 0 Å². The quantitative estimate of drug-likeness (QED) is 0.715. The summed E-state index contributed by atoms with van der Waals surface area (Å²) in [5.41, 5.74) is 4.31. The van der Waals surface area contributed by atoms with Gasteiger partial charge in [0.05, 0.1) is 11.1 Å². The molecule has 144 valence electrons. The van der Waals surface area contributed by atoms with Crippen molar-refractivity contribution < 1.29 is 4.79 Å². The molecule has 4 rings (SSSR count). The molecule has 0 saturated heterocycles. The molecular formula is C24H27N3O. The maximum absolute atomic E-state index is 12.9. The third kappa shape index (κ3) is 3.59. The van der Waals surface area contributed by atoms with Gasteiger partial charge < -0.3 is 5.32 Å². The largest absolute Gasteiger partial charge is 0.351 e. The van der Waals surface area contributed by atoms with Crippen LogP contribution in [0.4, 0.5) is 0 Å². The summed E-state index contributed by atoms with van der Waals surface area (Å²) in [6, 6.07) is 18.6. The Morgan fingerprint density at radius 1 is 1.07 bits per heavy atom. The van der Waals surface area contributed by atoms with E-state index in [1.165, 1.54) is 5.56 Å². The van der Waals surface area contributed by atoms with E-state index in [0.717, 1.165) is 29.7 Å². The first-order valence-electron chi connectivity index (χ1n) is 9.87. The highest BCUT2D eigenvalue weighted by Crippen LogP contribution is 2.48. The molecule has 1 aromatic heterocycles. The standard InChI is InChI=1S/C24H27N3O/c1-23(2,3)19-7-9-20(10-8-19)24(13-14-24)22(28)25-17-18-5-11-21(12-6-18)27-16-4-15-26-27/h4-12,15-16H,13-14,17H2,1-3H3,(H,25,28). The van der Waals surface area contributed by atoms with Crippen LogP contribution in [0.2, 0.25) is 0 Å². The molecule has 1 fully saturated rings. The highest BCUT2D eigenvalue weighted by Gasteiger charge is 2.51. The second kappa shape index (κ2) is 6.93. The summed E-state index contributed by atoms with van der Waals surface area (Å²) in [4.78, 5) is 12.9. The van der Waals surface area contributed by atoms with Crippen LogP contribution in [0, 0.1) is 0 Å². The number of carbonyl (C=O) groups is 1. The predicted octanol–water partition coefficient (Wildman–Crippen LogP) is 4.52. The Bertz CT molecular complexity index is 945. The van der Waals surface area contributed by atoms with Crippen molar-refractivity contribution in [1.82, 2.24) is 15.1 Å². The van der Waals surface area contributed by atoms with Gasteiger partial charge in [0.1, 0.15) is 0 Å². The summed E-state index contributed by atoms with van der Waals surface area (Å²) in [6.07, 6.45) is 5.52. The molecule has 1 N–H and O–H groups in total. The first-order chi connectivity index (χ1) is 13.4. The van der Waals surface area contributed by atoms with Crippen molar-refractivity contribution in [2.45, 2.75) is 51.0 Å². The Hall–Kier alpha value is -2.88. The lowest BCUT2D eigenvalue weighted by atomic mass is 9.85. The molecular weight excluding hydrogens is 346 g/mol. The normalized spacial score (nSPS) is 15.2. The van der Waals surface area contributed by atoms with Crippen molar-refractivity contribution in [3.8, 4) is 5.69 Å². The summed E-state index contributed by atoms with van der Waals surface area (Å²) in [5, 5.41) is 7.37. The van der Waals surface area contributed by atoms with Crippen LogP contribution in [0.3, 0.4) is 0 Å². The maximum atomic E-state index is 12.9. The molecule has 3 aromatic rings. The van der Waals surface area contributed by atoms with Gasteiger partial charge in [-0.3, -0.25) is 4.79 Å². The molecule has 4 heteroatoms. The highest BCUT2D eigenvalue weighted by atomic mass is 16.2. The van der Waals surface area contributed by atoms with Gasteiger partial charge in [-0.2, -0.15) is 5.10 Å². The van der Waals surface area contributed by atoms with Crippen LogP contribution < -0.4 is 5.32 Å². The Morgan fingerprint density at radius 3 is 2.29 bits per heavy atom. The number of carbonyl (C=O) groups excluding carboxylic acids is 1. The average Bonchev–Trinajstić information content (AvgIpc) is 3.33. The van der Waals surface area contributed by atoms with Gasteiger partial charge in [-0.15, -0.1) is 0 Å². The van der Waals surface area contributed by atoms with Crippen LogP contribution >= 0.6 is 0 Å². The van der Waals surface area contributed by atoms with Gasteiger partial charge in [-0.1, -0.05) is 57.2 Å². The van der Waals surface area contributed by atoms with Crippen molar-refractivity contribution >= 4 is 5.91 Å². The van der Waals surface area contributed by atoms with Crippen molar-refractivity contribution in [3.63, 3.8) is 0 Å². The summed E-state index contributed by atoms with van der Waals surface area (Å²) >= 11 is 0. The van der Waals surface area contributed by atoms with E-state index >= 15 is 0 Å². The summed E-state index contributed by atoms with van der Waals surface area (Å²) in [5.74, 6) is 0.132. The Kier molecular flexibility index (Phi) is 4.58. The molecule has 1 aliphatic rings. The molecule has 0 aliphatic heterocycles. The van der Waals surface area contributed by atoms with E-state index in [1.807, 2.05) is 41.2 Å². The lowest BCUT2D eigenvalue weighted by Crippen LogP contribution is -2.34. The SMILES string of the molecule is CC(C)(C)c1ccc(C2(C(=O)NCc3ccc(-n4cccn4)cc3)CC2)cc1. The van der Waals surface area contributed by atoms with Crippen molar-refractivity contribution in [2.75, 3.05) is 0 Å². The molecule has 1 aliphatic carbocycles. The zero-order chi connectivity index (χ0) is 19.8. The minimum atomic E-state index is -0.342. The molecule has 1 heterocycles.